The van der Waals surface area contributed by atoms with Crippen molar-refractivity contribution in [3.8, 4) is 22.9 Å². The van der Waals surface area contributed by atoms with Crippen LogP contribution in [0, 0.1) is 11.3 Å². The predicted molar refractivity (Wildman–Crippen MR) is 130 cm³/mol. The molecular weight excluding hydrogens is 424 g/mol. The number of nitrogens with two attached hydrogens (primary N) is 1. The zero-order valence-electron chi connectivity index (χ0n) is 19.1. The first-order valence-electron chi connectivity index (χ1n) is 11.7. The monoisotopic (exact) mass is 450 g/mol. The van der Waals surface area contributed by atoms with E-state index < -0.39 is 11.3 Å². The normalized spacial score (nSPS) is 25.2. The lowest BCUT2D eigenvalue weighted by Gasteiger charge is -2.45. The van der Waals surface area contributed by atoms with Gasteiger partial charge >= 0.3 is 0 Å². The zero-order chi connectivity index (χ0) is 23.3. The van der Waals surface area contributed by atoms with Crippen molar-refractivity contribution in [3.63, 3.8) is 0 Å². The molecule has 0 bridgehead atoms. The second-order valence-corrected chi connectivity index (χ2v) is 9.51. The summed E-state index contributed by atoms with van der Waals surface area (Å²) >= 11 is 0. The molecular formula is C28H26N4O2. The van der Waals surface area contributed by atoms with Crippen LogP contribution in [0.2, 0.25) is 0 Å². The van der Waals surface area contributed by atoms with Crippen LogP contribution < -0.4 is 10.5 Å². The predicted octanol–water partition coefficient (Wildman–Crippen LogP) is 4.67. The standard InChI is InChI=1S/C28H26N4O2/c1-32-26(30)31-28(34-32)18-27(13-5-10-20-7-2-3-8-23(20)16-27)33-25-12-11-22(15-24(25)28)21-9-4-6-19(14-21)17-29/h2-4,6-9,11-12,14-15H,5,10,13,16,18H2,1H3,(H2,30,31). The molecule has 6 nitrogen and oxygen atoms in total. The molecule has 6 heteroatoms. The summed E-state index contributed by atoms with van der Waals surface area (Å²) in [5, 5.41) is 10.9. The Hall–Kier alpha value is -3.82. The lowest BCUT2D eigenvalue weighted by Crippen LogP contribution is -2.49. The second-order valence-electron chi connectivity index (χ2n) is 9.51. The third-order valence-electron chi connectivity index (χ3n) is 7.23. The Labute approximate surface area is 199 Å². The van der Waals surface area contributed by atoms with Gasteiger partial charge in [0.05, 0.1) is 17.2 Å². The van der Waals surface area contributed by atoms with Crippen LogP contribution in [-0.2, 0) is 23.4 Å². The summed E-state index contributed by atoms with van der Waals surface area (Å²) in [5.74, 6) is 1.13. The molecule has 2 unspecified atom stereocenters. The number of fused-ring (bicyclic) bond motifs is 3. The zero-order valence-corrected chi connectivity index (χ0v) is 19.1. The first kappa shape index (κ1) is 20.8. The van der Waals surface area contributed by atoms with Gasteiger partial charge in [0.1, 0.15) is 11.4 Å². The molecule has 2 heterocycles. The highest BCUT2D eigenvalue weighted by Gasteiger charge is 2.54. The lowest BCUT2D eigenvalue weighted by atomic mass is 9.78. The van der Waals surface area contributed by atoms with Crippen LogP contribution in [0.4, 0.5) is 0 Å². The number of rotatable bonds is 1. The van der Waals surface area contributed by atoms with Crippen LogP contribution in [0.5, 0.6) is 5.75 Å². The Morgan fingerprint density at radius 2 is 1.85 bits per heavy atom. The van der Waals surface area contributed by atoms with Crippen LogP contribution in [0.15, 0.2) is 71.7 Å². The van der Waals surface area contributed by atoms with Gasteiger partial charge in [-0.25, -0.2) is 14.9 Å². The molecule has 2 N–H and O–H groups in total. The quantitative estimate of drug-likeness (QED) is 0.582. The average molecular weight is 451 g/mol. The number of hydroxylamine groups is 2. The van der Waals surface area contributed by atoms with E-state index in [4.69, 9.17) is 20.3 Å². The van der Waals surface area contributed by atoms with Crippen LogP contribution >= 0.6 is 0 Å². The van der Waals surface area contributed by atoms with Gasteiger partial charge in [-0.1, -0.05) is 42.5 Å². The molecule has 0 radical (unpaired) electrons. The minimum atomic E-state index is -0.950. The molecule has 2 atom stereocenters. The summed E-state index contributed by atoms with van der Waals surface area (Å²) in [6.07, 6.45) is 4.38. The van der Waals surface area contributed by atoms with E-state index in [1.54, 1.807) is 18.2 Å². The van der Waals surface area contributed by atoms with Crippen molar-refractivity contribution in [2.75, 3.05) is 7.05 Å². The Morgan fingerprint density at radius 1 is 1.03 bits per heavy atom. The highest BCUT2D eigenvalue weighted by atomic mass is 16.7. The number of hydrogen-bond acceptors (Lipinski definition) is 6. The van der Waals surface area contributed by atoms with Crippen molar-refractivity contribution in [3.05, 3.63) is 89.0 Å². The number of benzene rings is 3. The molecule has 34 heavy (non-hydrogen) atoms. The fourth-order valence-electron chi connectivity index (χ4n) is 5.65. The number of nitriles is 1. The number of aliphatic imine (C=N–C) groups is 1. The minimum Gasteiger partial charge on any atom is -0.486 e. The maximum absolute atomic E-state index is 9.33. The summed E-state index contributed by atoms with van der Waals surface area (Å²) in [5.41, 5.74) is 11.0. The smallest absolute Gasteiger partial charge is 0.222 e. The van der Waals surface area contributed by atoms with Crippen LogP contribution in [-0.4, -0.2) is 23.7 Å². The van der Waals surface area contributed by atoms with Crippen molar-refractivity contribution in [1.29, 1.82) is 5.26 Å². The fourth-order valence-corrected chi connectivity index (χ4v) is 5.65. The van der Waals surface area contributed by atoms with E-state index in [0.29, 0.717) is 17.9 Å². The molecule has 0 saturated carbocycles. The largest absolute Gasteiger partial charge is 0.486 e. The van der Waals surface area contributed by atoms with Gasteiger partial charge in [0, 0.05) is 19.9 Å². The molecule has 3 aliphatic rings. The van der Waals surface area contributed by atoms with E-state index in [2.05, 4.69) is 36.4 Å². The number of nitrogens with zero attached hydrogens (tertiary/aromatic N) is 3. The number of hydrogen-bond donors (Lipinski definition) is 1. The van der Waals surface area contributed by atoms with Crippen molar-refractivity contribution in [2.45, 2.75) is 43.4 Å². The molecule has 2 spiro atoms. The fraction of sp³-hybridized carbons (Fsp3) is 0.286. The molecule has 2 aliphatic heterocycles. The van der Waals surface area contributed by atoms with Crippen molar-refractivity contribution < 1.29 is 9.57 Å². The lowest BCUT2D eigenvalue weighted by molar-refractivity contribution is -0.204. The van der Waals surface area contributed by atoms with E-state index in [1.807, 2.05) is 30.3 Å². The van der Waals surface area contributed by atoms with Crippen LogP contribution in [0.25, 0.3) is 11.1 Å². The second kappa shape index (κ2) is 7.61. The average Bonchev–Trinajstić information content (AvgIpc) is 3.01. The molecule has 0 saturated heterocycles. The minimum absolute atomic E-state index is 0.355. The first-order valence-corrected chi connectivity index (χ1v) is 11.7. The van der Waals surface area contributed by atoms with Gasteiger partial charge in [0.2, 0.25) is 11.7 Å². The Kier molecular flexibility index (Phi) is 4.65. The van der Waals surface area contributed by atoms with E-state index in [9.17, 15) is 5.26 Å². The van der Waals surface area contributed by atoms with Gasteiger partial charge in [-0.3, -0.25) is 0 Å². The highest BCUT2D eigenvalue weighted by Crippen LogP contribution is 2.52. The number of guanidine groups is 1. The molecule has 6 rings (SSSR count). The summed E-state index contributed by atoms with van der Waals surface area (Å²) in [7, 11) is 1.79. The van der Waals surface area contributed by atoms with Gasteiger partial charge in [0.25, 0.3) is 0 Å². The molecule has 0 fully saturated rings. The van der Waals surface area contributed by atoms with Gasteiger partial charge in [0.15, 0.2) is 0 Å². The highest BCUT2D eigenvalue weighted by molar-refractivity contribution is 5.79. The molecule has 1 aliphatic carbocycles. The van der Waals surface area contributed by atoms with E-state index in [0.717, 1.165) is 48.1 Å². The maximum Gasteiger partial charge on any atom is 0.222 e. The SMILES string of the molecule is CN1OC2(CC3(CCCc4ccccc4C3)Oc3ccc(-c4cccc(C#N)c4)cc32)N=C1N. The molecule has 0 aromatic heterocycles. The molecule has 0 amide bonds. The van der Waals surface area contributed by atoms with Gasteiger partial charge in [-0.05, 0) is 65.8 Å². The Morgan fingerprint density at radius 3 is 2.65 bits per heavy atom. The van der Waals surface area contributed by atoms with Gasteiger partial charge in [-0.15, -0.1) is 0 Å². The van der Waals surface area contributed by atoms with Crippen molar-refractivity contribution >= 4 is 5.96 Å². The summed E-state index contributed by atoms with van der Waals surface area (Å²) < 4.78 is 6.83. The maximum atomic E-state index is 9.33. The first-order chi connectivity index (χ1) is 16.5. The van der Waals surface area contributed by atoms with Gasteiger partial charge in [-0.2, -0.15) is 5.26 Å². The van der Waals surface area contributed by atoms with E-state index in [-0.39, 0.29) is 0 Å². The third kappa shape index (κ3) is 3.32. The van der Waals surface area contributed by atoms with Crippen molar-refractivity contribution in [2.24, 2.45) is 10.7 Å². The van der Waals surface area contributed by atoms with Gasteiger partial charge < -0.3 is 10.5 Å². The summed E-state index contributed by atoms with van der Waals surface area (Å²) in [4.78, 5) is 11.3. The number of ether oxygens (including phenoxy) is 1. The Balaban J connectivity index is 1.48. The third-order valence-corrected chi connectivity index (χ3v) is 7.23. The van der Waals surface area contributed by atoms with Crippen LogP contribution in [0.1, 0.15) is 41.5 Å². The molecule has 3 aromatic carbocycles. The van der Waals surface area contributed by atoms with Crippen molar-refractivity contribution in [1.82, 2.24) is 5.06 Å². The molecule has 170 valence electrons. The summed E-state index contributed by atoms with van der Waals surface area (Å²) in [6.45, 7) is 0. The topological polar surface area (TPSA) is 83.9 Å². The van der Waals surface area contributed by atoms with E-state index in [1.165, 1.54) is 11.1 Å². The van der Waals surface area contributed by atoms with E-state index >= 15 is 0 Å². The summed E-state index contributed by atoms with van der Waals surface area (Å²) in [6, 6.07) is 24.6. The Bertz CT molecular complexity index is 1360. The number of aryl methyl sites for hydroxylation is 1. The van der Waals surface area contributed by atoms with Crippen LogP contribution in [0.3, 0.4) is 0 Å². The molecule has 3 aromatic rings.